The summed E-state index contributed by atoms with van der Waals surface area (Å²) in [6.07, 6.45) is 1.93. The first kappa shape index (κ1) is 22.3. The third-order valence-corrected chi connectivity index (χ3v) is 5.81. The molecule has 1 atom stereocenters. The molecule has 9 heteroatoms. The summed E-state index contributed by atoms with van der Waals surface area (Å²) in [6.45, 7) is 4.58. The van der Waals surface area contributed by atoms with Crippen LogP contribution in [0.5, 0.6) is 11.5 Å². The van der Waals surface area contributed by atoms with E-state index in [0.29, 0.717) is 17.1 Å². The zero-order valence-corrected chi connectivity index (χ0v) is 18.7. The lowest BCUT2D eigenvalue weighted by Crippen LogP contribution is -2.42. The second kappa shape index (κ2) is 8.57. The van der Waals surface area contributed by atoms with Crippen LogP contribution in [0.2, 0.25) is 0 Å². The SMILES string of the molecule is CCCc1ccc([C@@]2(C)NC(=O)N(CC(=O)Nc3cc4c(cc3C(C)=O)OCO4)C2=O)cc1. The van der Waals surface area contributed by atoms with Gasteiger partial charge in [-0.2, -0.15) is 0 Å². The number of benzene rings is 2. The normalized spacial score (nSPS) is 18.9. The quantitative estimate of drug-likeness (QED) is 0.494. The predicted octanol–water partition coefficient (Wildman–Crippen LogP) is 2.98. The highest BCUT2D eigenvalue weighted by Crippen LogP contribution is 2.37. The van der Waals surface area contributed by atoms with Crippen molar-refractivity contribution in [3.8, 4) is 11.5 Å². The minimum Gasteiger partial charge on any atom is -0.454 e. The standard InChI is InChI=1S/C24H25N3O6/c1-4-5-15-6-8-16(9-7-15)24(3)22(30)27(23(31)26-24)12-21(29)25-18-11-20-19(32-13-33-20)10-17(18)14(2)28/h6-11H,4-5,12-13H2,1-3H3,(H,25,29)(H,26,31)/t24-/m1/s1. The van der Waals surface area contributed by atoms with Crippen molar-refractivity contribution in [2.45, 2.75) is 39.2 Å². The minimum atomic E-state index is -1.27. The number of carbonyl (C=O) groups excluding carboxylic acids is 4. The largest absolute Gasteiger partial charge is 0.454 e. The number of rotatable bonds is 7. The Morgan fingerprint density at radius 3 is 2.42 bits per heavy atom. The molecule has 0 bridgehead atoms. The van der Waals surface area contributed by atoms with Gasteiger partial charge in [0.25, 0.3) is 5.91 Å². The summed E-state index contributed by atoms with van der Waals surface area (Å²) in [5.74, 6) is -0.624. The lowest BCUT2D eigenvalue weighted by molar-refractivity contribution is -0.133. The van der Waals surface area contributed by atoms with E-state index in [1.165, 1.54) is 19.1 Å². The predicted molar refractivity (Wildman–Crippen MR) is 119 cm³/mol. The van der Waals surface area contributed by atoms with E-state index in [-0.39, 0.29) is 23.8 Å². The third kappa shape index (κ3) is 4.13. The Bertz CT molecular complexity index is 1140. The maximum absolute atomic E-state index is 13.1. The highest BCUT2D eigenvalue weighted by atomic mass is 16.7. The summed E-state index contributed by atoms with van der Waals surface area (Å²) < 4.78 is 10.6. The molecule has 4 amide bonds. The van der Waals surface area contributed by atoms with Crippen LogP contribution in [0.15, 0.2) is 36.4 Å². The van der Waals surface area contributed by atoms with Gasteiger partial charge in [0, 0.05) is 11.6 Å². The molecule has 0 aliphatic carbocycles. The maximum Gasteiger partial charge on any atom is 0.325 e. The molecule has 172 valence electrons. The van der Waals surface area contributed by atoms with Crippen LogP contribution < -0.4 is 20.1 Å². The van der Waals surface area contributed by atoms with Crippen LogP contribution in [-0.2, 0) is 21.5 Å². The number of hydrogen-bond donors (Lipinski definition) is 2. The van der Waals surface area contributed by atoms with Crippen molar-refractivity contribution in [3.63, 3.8) is 0 Å². The number of ketones is 1. The van der Waals surface area contributed by atoms with Crippen molar-refractivity contribution in [2.24, 2.45) is 0 Å². The van der Waals surface area contributed by atoms with Gasteiger partial charge in [-0.15, -0.1) is 0 Å². The Balaban J connectivity index is 1.50. The second-order valence-electron chi connectivity index (χ2n) is 8.25. The molecule has 2 N–H and O–H groups in total. The molecule has 1 fully saturated rings. The summed E-state index contributed by atoms with van der Waals surface area (Å²) in [7, 11) is 0. The number of aryl methyl sites for hydroxylation is 1. The molecular weight excluding hydrogens is 426 g/mol. The molecule has 0 aromatic heterocycles. The summed E-state index contributed by atoms with van der Waals surface area (Å²) in [5.41, 5.74) is 0.965. The molecule has 0 spiro atoms. The molecule has 2 aromatic carbocycles. The highest BCUT2D eigenvalue weighted by Gasteiger charge is 2.49. The van der Waals surface area contributed by atoms with E-state index in [1.807, 2.05) is 24.3 Å². The number of carbonyl (C=O) groups is 4. The lowest BCUT2D eigenvalue weighted by atomic mass is 9.91. The summed E-state index contributed by atoms with van der Waals surface area (Å²) in [5, 5.41) is 5.31. The molecule has 2 aliphatic heterocycles. The van der Waals surface area contributed by atoms with Gasteiger partial charge in [-0.3, -0.25) is 19.3 Å². The van der Waals surface area contributed by atoms with Gasteiger partial charge in [-0.05, 0) is 37.5 Å². The number of fused-ring (bicyclic) bond motifs is 1. The number of nitrogens with one attached hydrogen (secondary N) is 2. The number of imide groups is 1. The first-order chi connectivity index (χ1) is 15.7. The molecule has 4 rings (SSSR count). The molecule has 0 saturated carbocycles. The van der Waals surface area contributed by atoms with Crippen molar-refractivity contribution in [1.82, 2.24) is 10.2 Å². The van der Waals surface area contributed by atoms with Gasteiger partial charge in [-0.25, -0.2) is 4.79 Å². The smallest absolute Gasteiger partial charge is 0.325 e. The fraction of sp³-hybridized carbons (Fsp3) is 0.333. The van der Waals surface area contributed by atoms with Gasteiger partial charge in [0.2, 0.25) is 12.7 Å². The van der Waals surface area contributed by atoms with E-state index in [0.717, 1.165) is 23.3 Å². The van der Waals surface area contributed by atoms with Crippen LogP contribution in [0.25, 0.3) is 0 Å². The molecule has 2 aliphatic rings. The Hall–Kier alpha value is -3.88. The van der Waals surface area contributed by atoms with Crippen molar-refractivity contribution in [1.29, 1.82) is 0 Å². The van der Waals surface area contributed by atoms with Gasteiger partial charge < -0.3 is 20.1 Å². The number of amides is 4. The minimum absolute atomic E-state index is 0.0184. The zero-order valence-electron chi connectivity index (χ0n) is 18.7. The highest BCUT2D eigenvalue weighted by molar-refractivity contribution is 6.11. The second-order valence-corrected chi connectivity index (χ2v) is 8.25. The number of nitrogens with zero attached hydrogens (tertiary/aromatic N) is 1. The third-order valence-electron chi connectivity index (χ3n) is 5.81. The number of ether oxygens (including phenoxy) is 2. The summed E-state index contributed by atoms with van der Waals surface area (Å²) in [4.78, 5) is 51.3. The summed E-state index contributed by atoms with van der Waals surface area (Å²) in [6, 6.07) is 9.83. The van der Waals surface area contributed by atoms with Gasteiger partial charge in [0.05, 0.1) is 5.69 Å². The number of urea groups is 1. The van der Waals surface area contributed by atoms with Crippen molar-refractivity contribution < 1.29 is 28.7 Å². The monoisotopic (exact) mass is 451 g/mol. The molecule has 33 heavy (non-hydrogen) atoms. The lowest BCUT2D eigenvalue weighted by Gasteiger charge is -2.22. The van der Waals surface area contributed by atoms with E-state index < -0.39 is 29.9 Å². The van der Waals surface area contributed by atoms with E-state index in [4.69, 9.17) is 9.47 Å². The molecule has 2 heterocycles. The summed E-state index contributed by atoms with van der Waals surface area (Å²) >= 11 is 0. The van der Waals surface area contributed by atoms with Crippen molar-refractivity contribution in [2.75, 3.05) is 18.7 Å². The van der Waals surface area contributed by atoms with Crippen LogP contribution in [-0.4, -0.2) is 41.9 Å². The molecule has 2 aromatic rings. The number of hydrogen-bond acceptors (Lipinski definition) is 6. The van der Waals surface area contributed by atoms with Crippen molar-refractivity contribution >= 4 is 29.3 Å². The van der Waals surface area contributed by atoms with Crippen LogP contribution in [0, 0.1) is 0 Å². The molecule has 9 nitrogen and oxygen atoms in total. The topological polar surface area (TPSA) is 114 Å². The zero-order chi connectivity index (χ0) is 23.8. The van der Waals surface area contributed by atoms with E-state index in [9.17, 15) is 19.2 Å². The number of Topliss-reactive ketones (excluding diaryl/α,β-unsaturated/α-hetero) is 1. The Morgan fingerprint density at radius 1 is 1.12 bits per heavy atom. The van der Waals surface area contributed by atoms with Crippen LogP contribution in [0.4, 0.5) is 10.5 Å². The maximum atomic E-state index is 13.1. The van der Waals surface area contributed by atoms with Crippen LogP contribution in [0.1, 0.15) is 48.7 Å². The fourth-order valence-electron chi connectivity index (χ4n) is 4.00. The van der Waals surface area contributed by atoms with E-state index in [1.54, 1.807) is 6.92 Å². The number of anilines is 1. The Kier molecular flexibility index (Phi) is 5.80. The van der Waals surface area contributed by atoms with Gasteiger partial charge in [0.1, 0.15) is 12.1 Å². The van der Waals surface area contributed by atoms with Gasteiger partial charge in [0.15, 0.2) is 17.3 Å². The molecule has 0 radical (unpaired) electrons. The fourth-order valence-corrected chi connectivity index (χ4v) is 4.00. The first-order valence-electron chi connectivity index (χ1n) is 10.7. The molecular formula is C24H25N3O6. The Labute approximate surface area is 191 Å². The first-order valence-corrected chi connectivity index (χ1v) is 10.7. The van der Waals surface area contributed by atoms with E-state index >= 15 is 0 Å². The molecule has 0 unspecified atom stereocenters. The Morgan fingerprint density at radius 2 is 1.79 bits per heavy atom. The van der Waals surface area contributed by atoms with Crippen molar-refractivity contribution in [3.05, 3.63) is 53.1 Å². The van der Waals surface area contributed by atoms with E-state index in [2.05, 4.69) is 17.6 Å². The van der Waals surface area contributed by atoms with Gasteiger partial charge in [-0.1, -0.05) is 37.6 Å². The van der Waals surface area contributed by atoms with Crippen LogP contribution >= 0.6 is 0 Å². The van der Waals surface area contributed by atoms with Gasteiger partial charge >= 0.3 is 6.03 Å². The average Bonchev–Trinajstić information content (AvgIpc) is 3.32. The molecule has 1 saturated heterocycles. The average molecular weight is 451 g/mol. The van der Waals surface area contributed by atoms with Crippen LogP contribution in [0.3, 0.4) is 0 Å².